The minimum atomic E-state index is -0.537. The van der Waals surface area contributed by atoms with Crippen LogP contribution in [-0.2, 0) is 0 Å². The highest BCUT2D eigenvalue weighted by atomic mass is 16.5. The van der Waals surface area contributed by atoms with Crippen molar-refractivity contribution in [1.29, 1.82) is 0 Å². The third-order valence-corrected chi connectivity index (χ3v) is 4.29. The van der Waals surface area contributed by atoms with Gasteiger partial charge in [-0.05, 0) is 55.0 Å². The summed E-state index contributed by atoms with van der Waals surface area (Å²) < 4.78 is 10.9. The van der Waals surface area contributed by atoms with E-state index in [1.165, 1.54) is 18.3 Å². The Bertz CT molecular complexity index is 1030. The van der Waals surface area contributed by atoms with Gasteiger partial charge in [0.1, 0.15) is 28.7 Å². The molecule has 0 aromatic heterocycles. The van der Waals surface area contributed by atoms with Crippen molar-refractivity contribution in [2.45, 2.75) is 19.8 Å². The molecule has 0 amide bonds. The number of esters is 1. The largest absolute Gasteiger partial charge is 0.507 e. The molecule has 0 heterocycles. The Hall–Kier alpha value is -3.80. The van der Waals surface area contributed by atoms with Crippen LogP contribution in [0.4, 0.5) is 5.69 Å². The van der Waals surface area contributed by atoms with Crippen molar-refractivity contribution < 1.29 is 24.5 Å². The molecule has 0 spiro atoms. The zero-order chi connectivity index (χ0) is 21.3. The van der Waals surface area contributed by atoms with Crippen LogP contribution in [-0.4, -0.2) is 29.0 Å². The van der Waals surface area contributed by atoms with E-state index in [2.05, 4.69) is 11.9 Å². The maximum absolute atomic E-state index is 12.3. The Kier molecular flexibility index (Phi) is 7.05. The van der Waals surface area contributed by atoms with Gasteiger partial charge in [-0.1, -0.05) is 25.5 Å². The van der Waals surface area contributed by atoms with Crippen LogP contribution in [0.25, 0.3) is 0 Å². The third kappa shape index (κ3) is 5.61. The number of carbonyl (C=O) groups excluding carboxylic acids is 1. The number of phenols is 2. The highest BCUT2D eigenvalue weighted by molar-refractivity contribution is 5.91. The fourth-order valence-electron chi connectivity index (χ4n) is 2.60. The quantitative estimate of drug-likeness (QED) is 0.231. The Balaban J connectivity index is 1.63. The summed E-state index contributed by atoms with van der Waals surface area (Å²) in [6.45, 7) is 2.73. The number of hydrogen-bond acceptors (Lipinski definition) is 6. The molecule has 0 fully saturated rings. The Labute approximate surface area is 175 Å². The van der Waals surface area contributed by atoms with Gasteiger partial charge in [0.15, 0.2) is 0 Å². The molecule has 3 aromatic carbocycles. The number of nitrogens with zero attached hydrogens (tertiary/aromatic N) is 1. The van der Waals surface area contributed by atoms with E-state index < -0.39 is 5.97 Å². The van der Waals surface area contributed by atoms with Crippen molar-refractivity contribution in [3.63, 3.8) is 0 Å². The van der Waals surface area contributed by atoms with E-state index in [9.17, 15) is 15.0 Å². The van der Waals surface area contributed by atoms with Crippen LogP contribution in [0, 0.1) is 0 Å². The number of rotatable bonds is 8. The molecule has 0 unspecified atom stereocenters. The summed E-state index contributed by atoms with van der Waals surface area (Å²) in [6, 6.07) is 17.8. The van der Waals surface area contributed by atoms with Crippen molar-refractivity contribution in [1.82, 2.24) is 0 Å². The Morgan fingerprint density at radius 1 is 0.967 bits per heavy atom. The van der Waals surface area contributed by atoms with Crippen molar-refractivity contribution in [2.75, 3.05) is 6.61 Å². The fraction of sp³-hybridized carbons (Fsp3) is 0.167. The average molecular weight is 405 g/mol. The van der Waals surface area contributed by atoms with E-state index in [0.717, 1.165) is 12.8 Å². The summed E-state index contributed by atoms with van der Waals surface area (Å²) >= 11 is 0. The summed E-state index contributed by atoms with van der Waals surface area (Å²) in [6.07, 6.45) is 3.45. The summed E-state index contributed by atoms with van der Waals surface area (Å²) in [4.78, 5) is 16.5. The van der Waals surface area contributed by atoms with E-state index in [1.807, 2.05) is 0 Å². The first-order chi connectivity index (χ1) is 14.6. The number of aromatic hydroxyl groups is 2. The first-order valence-corrected chi connectivity index (χ1v) is 9.67. The monoisotopic (exact) mass is 405 g/mol. The number of aliphatic imine (C=N–C) groups is 1. The molecule has 6 heteroatoms. The van der Waals surface area contributed by atoms with E-state index in [1.54, 1.807) is 54.6 Å². The van der Waals surface area contributed by atoms with Crippen molar-refractivity contribution in [2.24, 2.45) is 4.99 Å². The number of hydrogen-bond donors (Lipinski definition) is 2. The van der Waals surface area contributed by atoms with E-state index in [0.29, 0.717) is 29.2 Å². The van der Waals surface area contributed by atoms with E-state index in [-0.39, 0.29) is 17.2 Å². The van der Waals surface area contributed by atoms with Crippen molar-refractivity contribution in [3.8, 4) is 23.0 Å². The lowest BCUT2D eigenvalue weighted by Crippen LogP contribution is -2.08. The molecular weight excluding hydrogens is 382 g/mol. The van der Waals surface area contributed by atoms with Crippen LogP contribution in [0.3, 0.4) is 0 Å². The van der Waals surface area contributed by atoms with Crippen molar-refractivity contribution >= 4 is 17.9 Å². The number of phenolic OH excluding ortho intramolecular Hbond substituents is 2. The molecule has 3 aromatic rings. The van der Waals surface area contributed by atoms with Gasteiger partial charge in [-0.2, -0.15) is 0 Å². The first-order valence-electron chi connectivity index (χ1n) is 9.67. The second-order valence-corrected chi connectivity index (χ2v) is 6.58. The highest BCUT2D eigenvalue weighted by Crippen LogP contribution is 2.27. The zero-order valence-corrected chi connectivity index (χ0v) is 16.6. The van der Waals surface area contributed by atoms with Gasteiger partial charge in [0.2, 0.25) is 0 Å². The molecule has 0 radical (unpaired) electrons. The van der Waals surface area contributed by atoms with Crippen LogP contribution in [0.15, 0.2) is 71.7 Å². The second-order valence-electron chi connectivity index (χ2n) is 6.58. The summed E-state index contributed by atoms with van der Waals surface area (Å²) in [5.74, 6) is 0.316. The molecule has 0 aliphatic rings. The molecule has 6 nitrogen and oxygen atoms in total. The number of benzene rings is 3. The SMILES string of the molecule is CCCCOc1ccc(C(=O)Oc2ccc(C=Nc3ccccc3O)c(O)c2)cc1. The lowest BCUT2D eigenvalue weighted by atomic mass is 10.2. The van der Waals surface area contributed by atoms with Crippen LogP contribution >= 0.6 is 0 Å². The second kappa shape index (κ2) is 10.1. The maximum atomic E-state index is 12.3. The van der Waals surface area contributed by atoms with Gasteiger partial charge < -0.3 is 19.7 Å². The lowest BCUT2D eigenvalue weighted by Gasteiger charge is -2.08. The van der Waals surface area contributed by atoms with Crippen LogP contribution < -0.4 is 9.47 Å². The van der Waals surface area contributed by atoms with Gasteiger partial charge in [-0.25, -0.2) is 4.79 Å². The van der Waals surface area contributed by atoms with Crippen LogP contribution in [0.5, 0.6) is 23.0 Å². The van der Waals surface area contributed by atoms with Gasteiger partial charge >= 0.3 is 5.97 Å². The topological polar surface area (TPSA) is 88.4 Å². The third-order valence-electron chi connectivity index (χ3n) is 4.29. The van der Waals surface area contributed by atoms with Gasteiger partial charge in [0.25, 0.3) is 0 Å². The molecule has 30 heavy (non-hydrogen) atoms. The Morgan fingerprint density at radius 2 is 1.70 bits per heavy atom. The molecular formula is C24H23NO5. The van der Waals surface area contributed by atoms with Crippen LogP contribution in [0.2, 0.25) is 0 Å². The predicted octanol–water partition coefficient (Wildman–Crippen LogP) is 5.25. The highest BCUT2D eigenvalue weighted by Gasteiger charge is 2.10. The molecule has 0 aliphatic carbocycles. The number of unbranched alkanes of at least 4 members (excludes halogenated alkanes) is 1. The zero-order valence-electron chi connectivity index (χ0n) is 16.6. The molecule has 0 bridgehead atoms. The smallest absolute Gasteiger partial charge is 0.343 e. The first kappa shape index (κ1) is 20.9. The Morgan fingerprint density at radius 3 is 2.40 bits per heavy atom. The number of ether oxygens (including phenoxy) is 2. The molecule has 0 aliphatic heterocycles. The molecule has 154 valence electrons. The minimum absolute atomic E-state index is 0.0422. The average Bonchev–Trinajstić information content (AvgIpc) is 2.75. The standard InChI is InChI=1S/C24H23NO5/c1-2-3-14-29-19-11-8-17(9-12-19)24(28)30-20-13-10-18(23(27)15-20)16-25-21-6-4-5-7-22(21)26/h4-13,15-16,26-27H,2-3,14H2,1H3. The normalized spacial score (nSPS) is 10.8. The van der Waals surface area contributed by atoms with Gasteiger partial charge in [-0.3, -0.25) is 4.99 Å². The molecule has 0 saturated heterocycles. The van der Waals surface area contributed by atoms with Crippen molar-refractivity contribution in [3.05, 3.63) is 77.9 Å². The summed E-state index contributed by atoms with van der Waals surface area (Å²) in [5, 5.41) is 19.9. The van der Waals surface area contributed by atoms with E-state index in [4.69, 9.17) is 9.47 Å². The fourth-order valence-corrected chi connectivity index (χ4v) is 2.60. The van der Waals surface area contributed by atoms with E-state index >= 15 is 0 Å². The van der Waals surface area contributed by atoms with Gasteiger partial charge in [0.05, 0.1) is 12.2 Å². The predicted molar refractivity (Wildman–Crippen MR) is 115 cm³/mol. The number of para-hydroxylation sites is 2. The number of carbonyl (C=O) groups is 1. The van der Waals surface area contributed by atoms with Crippen LogP contribution in [0.1, 0.15) is 35.7 Å². The lowest BCUT2D eigenvalue weighted by molar-refractivity contribution is 0.0734. The maximum Gasteiger partial charge on any atom is 0.343 e. The van der Waals surface area contributed by atoms with Gasteiger partial charge in [0, 0.05) is 17.8 Å². The minimum Gasteiger partial charge on any atom is -0.507 e. The molecule has 2 N–H and O–H groups in total. The molecule has 0 atom stereocenters. The molecule has 3 rings (SSSR count). The van der Waals surface area contributed by atoms with Gasteiger partial charge in [-0.15, -0.1) is 0 Å². The summed E-state index contributed by atoms with van der Waals surface area (Å²) in [7, 11) is 0. The summed E-state index contributed by atoms with van der Waals surface area (Å²) in [5.41, 5.74) is 1.18. The molecule has 0 saturated carbocycles.